The van der Waals surface area contributed by atoms with E-state index in [0.29, 0.717) is 16.2 Å². The SMILES string of the molecule is CC(=O)c1cccc(NC(=O)C[C@@H](C(=O)[O-])[NH+](C)C)c1. The van der Waals surface area contributed by atoms with Crippen molar-refractivity contribution in [1.82, 2.24) is 0 Å². The van der Waals surface area contributed by atoms with E-state index in [9.17, 15) is 19.5 Å². The highest BCUT2D eigenvalue weighted by Gasteiger charge is 2.20. The van der Waals surface area contributed by atoms with E-state index in [-0.39, 0.29) is 12.2 Å². The minimum absolute atomic E-state index is 0.105. The molecule has 0 aliphatic rings. The zero-order valence-electron chi connectivity index (χ0n) is 11.7. The van der Waals surface area contributed by atoms with Gasteiger partial charge in [-0.1, -0.05) is 12.1 Å². The summed E-state index contributed by atoms with van der Waals surface area (Å²) in [6, 6.07) is 5.58. The highest BCUT2D eigenvalue weighted by Crippen LogP contribution is 2.11. The van der Waals surface area contributed by atoms with Crippen molar-refractivity contribution in [2.24, 2.45) is 0 Å². The lowest BCUT2D eigenvalue weighted by Gasteiger charge is -2.21. The summed E-state index contributed by atoms with van der Waals surface area (Å²) in [5.41, 5.74) is 0.950. The molecular weight excluding hydrogens is 260 g/mol. The van der Waals surface area contributed by atoms with Gasteiger partial charge in [0.05, 0.1) is 26.5 Å². The summed E-state index contributed by atoms with van der Waals surface area (Å²) in [4.78, 5) is 34.6. The lowest BCUT2D eigenvalue weighted by atomic mass is 10.1. The van der Waals surface area contributed by atoms with Crippen LogP contribution in [0, 0.1) is 0 Å². The molecule has 0 aliphatic heterocycles. The summed E-state index contributed by atoms with van der Waals surface area (Å²) in [5, 5.41) is 13.5. The number of carboxylic acids is 1. The van der Waals surface area contributed by atoms with Crippen LogP contribution in [0.25, 0.3) is 0 Å². The molecule has 0 spiro atoms. The van der Waals surface area contributed by atoms with E-state index < -0.39 is 17.9 Å². The molecule has 0 aromatic heterocycles. The average Bonchev–Trinajstić information content (AvgIpc) is 2.35. The quantitative estimate of drug-likeness (QED) is 0.618. The van der Waals surface area contributed by atoms with Gasteiger partial charge in [-0.2, -0.15) is 0 Å². The number of likely N-dealkylation sites (N-methyl/N-ethyl adjacent to an activating group) is 1. The molecule has 6 heteroatoms. The van der Waals surface area contributed by atoms with Crippen molar-refractivity contribution in [1.29, 1.82) is 0 Å². The number of carbonyl (C=O) groups excluding carboxylic acids is 3. The van der Waals surface area contributed by atoms with E-state index in [4.69, 9.17) is 0 Å². The largest absolute Gasteiger partial charge is 0.544 e. The van der Waals surface area contributed by atoms with Crippen molar-refractivity contribution < 1.29 is 24.4 Å². The Labute approximate surface area is 117 Å². The first-order valence-corrected chi connectivity index (χ1v) is 6.23. The molecule has 0 fully saturated rings. The predicted octanol–water partition coefficient (Wildman–Crippen LogP) is -1.52. The third-order valence-electron chi connectivity index (χ3n) is 2.92. The summed E-state index contributed by atoms with van der Waals surface area (Å²) in [6.07, 6.45) is -0.186. The highest BCUT2D eigenvalue weighted by molar-refractivity contribution is 5.97. The number of nitrogens with one attached hydrogen (secondary N) is 2. The fraction of sp³-hybridized carbons (Fsp3) is 0.357. The summed E-state index contributed by atoms with van der Waals surface area (Å²) in [5.74, 6) is -1.80. The molecule has 0 saturated carbocycles. The van der Waals surface area contributed by atoms with Gasteiger partial charge in [-0.3, -0.25) is 9.59 Å². The Hall–Kier alpha value is -2.21. The topological polar surface area (TPSA) is 90.7 Å². The molecule has 0 heterocycles. The molecule has 1 aromatic rings. The first kappa shape index (κ1) is 15.8. The third-order valence-corrected chi connectivity index (χ3v) is 2.92. The first-order chi connectivity index (χ1) is 9.31. The standard InChI is InChI=1S/C14H18N2O4/c1-9(17)10-5-4-6-11(7-10)15-13(18)8-12(14(19)20)16(2)3/h4-7,12H,8H2,1-3H3,(H,15,18)(H,19,20)/t12-/m0/s1. The smallest absolute Gasteiger partial charge is 0.230 e. The number of carbonyl (C=O) groups is 3. The summed E-state index contributed by atoms with van der Waals surface area (Å²) in [6.45, 7) is 1.43. The van der Waals surface area contributed by atoms with E-state index in [1.807, 2.05) is 0 Å². The molecule has 2 N–H and O–H groups in total. The molecule has 0 aliphatic carbocycles. The average molecular weight is 278 g/mol. The minimum atomic E-state index is -1.27. The van der Waals surface area contributed by atoms with Crippen molar-refractivity contribution in [3.63, 3.8) is 0 Å². The van der Waals surface area contributed by atoms with Crippen LogP contribution in [0.3, 0.4) is 0 Å². The number of amides is 1. The van der Waals surface area contributed by atoms with Crippen molar-refractivity contribution in [2.75, 3.05) is 19.4 Å². The number of benzene rings is 1. The number of quaternary nitrogens is 1. The van der Waals surface area contributed by atoms with Gasteiger partial charge < -0.3 is 20.1 Å². The van der Waals surface area contributed by atoms with Crippen LogP contribution in [-0.2, 0) is 9.59 Å². The number of carboxylic acid groups (broad SMARTS) is 1. The van der Waals surface area contributed by atoms with Gasteiger partial charge in [-0.25, -0.2) is 0 Å². The maximum Gasteiger partial charge on any atom is 0.230 e. The van der Waals surface area contributed by atoms with Crippen LogP contribution in [0.1, 0.15) is 23.7 Å². The number of ketones is 1. The van der Waals surface area contributed by atoms with Gasteiger partial charge in [0.1, 0.15) is 6.04 Å². The second-order valence-corrected chi connectivity index (χ2v) is 4.84. The molecule has 0 radical (unpaired) electrons. The Morgan fingerprint density at radius 2 is 1.95 bits per heavy atom. The molecule has 0 unspecified atom stereocenters. The fourth-order valence-corrected chi connectivity index (χ4v) is 1.74. The molecule has 1 aromatic carbocycles. The van der Waals surface area contributed by atoms with Crippen LogP contribution >= 0.6 is 0 Å². The van der Waals surface area contributed by atoms with Gasteiger partial charge in [-0.15, -0.1) is 0 Å². The first-order valence-electron chi connectivity index (χ1n) is 6.23. The molecule has 1 atom stereocenters. The molecule has 1 rings (SSSR count). The van der Waals surface area contributed by atoms with Crippen molar-refractivity contribution in [2.45, 2.75) is 19.4 Å². The summed E-state index contributed by atoms with van der Waals surface area (Å²) in [7, 11) is 3.29. The molecule has 20 heavy (non-hydrogen) atoms. The number of hydrogen-bond donors (Lipinski definition) is 2. The molecule has 6 nitrogen and oxygen atoms in total. The molecule has 0 saturated heterocycles. The predicted molar refractivity (Wildman–Crippen MR) is 71.3 cm³/mol. The Kier molecular flexibility index (Phi) is 5.40. The van der Waals surface area contributed by atoms with E-state index in [1.165, 1.54) is 6.92 Å². The Morgan fingerprint density at radius 1 is 1.30 bits per heavy atom. The second-order valence-electron chi connectivity index (χ2n) is 4.84. The molecular formula is C14H18N2O4. The van der Waals surface area contributed by atoms with Crippen molar-refractivity contribution >= 4 is 23.3 Å². The fourth-order valence-electron chi connectivity index (χ4n) is 1.74. The van der Waals surface area contributed by atoms with Crippen molar-refractivity contribution in [3.8, 4) is 0 Å². The molecule has 0 bridgehead atoms. The maximum atomic E-state index is 11.8. The Balaban J connectivity index is 2.73. The van der Waals surface area contributed by atoms with Gasteiger partial charge in [0.15, 0.2) is 5.78 Å². The van der Waals surface area contributed by atoms with Gasteiger partial charge in [0, 0.05) is 11.3 Å². The van der Waals surface area contributed by atoms with Crippen LogP contribution < -0.4 is 15.3 Å². The summed E-state index contributed by atoms with van der Waals surface area (Å²) >= 11 is 0. The van der Waals surface area contributed by atoms with Gasteiger partial charge in [0.2, 0.25) is 5.91 Å². The van der Waals surface area contributed by atoms with Crippen LogP contribution in [-0.4, -0.2) is 37.8 Å². The highest BCUT2D eigenvalue weighted by atomic mass is 16.4. The zero-order valence-corrected chi connectivity index (χ0v) is 11.7. The van der Waals surface area contributed by atoms with E-state index >= 15 is 0 Å². The Bertz CT molecular complexity index is 526. The monoisotopic (exact) mass is 278 g/mol. The van der Waals surface area contributed by atoms with Gasteiger partial charge in [-0.05, 0) is 19.1 Å². The second kappa shape index (κ2) is 6.81. The van der Waals surface area contributed by atoms with Crippen LogP contribution in [0.15, 0.2) is 24.3 Å². The third kappa shape index (κ3) is 4.47. The lowest BCUT2D eigenvalue weighted by molar-refractivity contribution is -0.878. The Morgan fingerprint density at radius 3 is 2.45 bits per heavy atom. The van der Waals surface area contributed by atoms with Gasteiger partial charge >= 0.3 is 0 Å². The maximum absolute atomic E-state index is 11.8. The van der Waals surface area contributed by atoms with E-state index in [2.05, 4.69) is 5.32 Å². The van der Waals surface area contributed by atoms with E-state index in [1.54, 1.807) is 38.4 Å². The lowest BCUT2D eigenvalue weighted by Crippen LogP contribution is -3.12. The van der Waals surface area contributed by atoms with Crippen LogP contribution in [0.2, 0.25) is 0 Å². The van der Waals surface area contributed by atoms with Crippen molar-refractivity contribution in [3.05, 3.63) is 29.8 Å². The summed E-state index contributed by atoms with van der Waals surface area (Å²) < 4.78 is 0. The van der Waals surface area contributed by atoms with E-state index in [0.717, 1.165) is 0 Å². The number of aliphatic carboxylic acids is 1. The molecule has 1 amide bonds. The number of anilines is 1. The number of Topliss-reactive ketones (excluding diaryl/α,β-unsaturated/α-hetero) is 1. The normalized spacial score (nSPS) is 12.0. The van der Waals surface area contributed by atoms with Crippen LogP contribution in [0.4, 0.5) is 5.69 Å². The van der Waals surface area contributed by atoms with Crippen LogP contribution in [0.5, 0.6) is 0 Å². The van der Waals surface area contributed by atoms with Gasteiger partial charge in [0.25, 0.3) is 0 Å². The number of hydrogen-bond acceptors (Lipinski definition) is 4. The molecule has 108 valence electrons. The number of rotatable bonds is 6. The minimum Gasteiger partial charge on any atom is -0.544 e. The zero-order chi connectivity index (χ0) is 15.3.